The molecule has 0 bridgehead atoms. The fourth-order valence-electron chi connectivity index (χ4n) is 1.86. The topological polar surface area (TPSA) is 58.6 Å². The Bertz CT molecular complexity index is 523. The van der Waals surface area contributed by atoms with Gasteiger partial charge in [0.1, 0.15) is 12.4 Å². The minimum atomic E-state index is -3.08. The molecular formula is C14H23BrN2O3S. The lowest BCUT2D eigenvalue weighted by molar-refractivity contribution is 0.312. The number of benzene rings is 1. The van der Waals surface area contributed by atoms with Gasteiger partial charge in [-0.05, 0) is 31.2 Å². The van der Waals surface area contributed by atoms with Gasteiger partial charge in [-0.2, -0.15) is 0 Å². The highest BCUT2D eigenvalue weighted by atomic mass is 79.9. The van der Waals surface area contributed by atoms with E-state index in [9.17, 15) is 8.42 Å². The van der Waals surface area contributed by atoms with Crippen molar-refractivity contribution in [2.24, 2.45) is 0 Å². The second-order valence-corrected chi connectivity index (χ2v) is 7.56. The van der Waals surface area contributed by atoms with Gasteiger partial charge >= 0.3 is 0 Å². The number of halogens is 1. The van der Waals surface area contributed by atoms with Crippen LogP contribution >= 0.6 is 15.9 Å². The molecule has 0 aliphatic rings. The average molecular weight is 379 g/mol. The van der Waals surface area contributed by atoms with Crippen molar-refractivity contribution in [3.63, 3.8) is 0 Å². The molecule has 5 nitrogen and oxygen atoms in total. The summed E-state index contributed by atoms with van der Waals surface area (Å²) in [6.45, 7) is 5.01. The molecule has 1 aromatic rings. The van der Waals surface area contributed by atoms with E-state index < -0.39 is 10.0 Å². The van der Waals surface area contributed by atoms with Crippen molar-refractivity contribution >= 4 is 26.0 Å². The molecule has 0 heterocycles. The van der Waals surface area contributed by atoms with Crippen LogP contribution in [0.5, 0.6) is 5.75 Å². The van der Waals surface area contributed by atoms with Crippen LogP contribution in [0.25, 0.3) is 0 Å². The first kappa shape index (κ1) is 18.4. The van der Waals surface area contributed by atoms with Crippen LogP contribution in [-0.2, 0) is 10.0 Å². The quantitative estimate of drug-likeness (QED) is 0.633. The summed E-state index contributed by atoms with van der Waals surface area (Å²) < 4.78 is 30.9. The zero-order chi connectivity index (χ0) is 15.7. The Kier molecular flexibility index (Phi) is 8.24. The van der Waals surface area contributed by atoms with Gasteiger partial charge in [-0.15, -0.1) is 0 Å². The number of hydrogen-bond donors (Lipinski definition) is 1. The standard InChI is InChI=1S/C14H23BrN2O3S/c1-3-17(21(2,18)19)10-5-8-16-9-11-20-14-7-4-6-13(15)12-14/h4,6-7,12,16H,3,5,8-11H2,1-2H3. The fourth-order valence-corrected chi connectivity index (χ4v) is 3.17. The molecule has 0 radical (unpaired) electrons. The molecule has 0 aliphatic carbocycles. The molecule has 1 rings (SSSR count). The molecule has 0 atom stereocenters. The zero-order valence-corrected chi connectivity index (χ0v) is 14.9. The van der Waals surface area contributed by atoms with E-state index in [2.05, 4.69) is 21.2 Å². The van der Waals surface area contributed by atoms with E-state index in [0.717, 1.165) is 29.7 Å². The second-order valence-electron chi connectivity index (χ2n) is 4.66. The largest absolute Gasteiger partial charge is 0.492 e. The molecule has 1 N–H and O–H groups in total. The third kappa shape index (κ3) is 7.80. The van der Waals surface area contributed by atoms with Crippen LogP contribution in [0, 0.1) is 0 Å². The van der Waals surface area contributed by atoms with Crippen LogP contribution in [0.3, 0.4) is 0 Å². The lowest BCUT2D eigenvalue weighted by Gasteiger charge is -2.17. The lowest BCUT2D eigenvalue weighted by Crippen LogP contribution is -2.33. The van der Waals surface area contributed by atoms with Gasteiger partial charge < -0.3 is 10.1 Å². The number of nitrogens with zero attached hydrogens (tertiary/aromatic N) is 1. The molecule has 0 fully saturated rings. The summed E-state index contributed by atoms with van der Waals surface area (Å²) in [6.07, 6.45) is 2.04. The summed E-state index contributed by atoms with van der Waals surface area (Å²) in [6, 6.07) is 7.71. The van der Waals surface area contributed by atoms with E-state index in [-0.39, 0.29) is 0 Å². The highest BCUT2D eigenvalue weighted by molar-refractivity contribution is 9.10. The van der Waals surface area contributed by atoms with Crippen molar-refractivity contribution in [3.05, 3.63) is 28.7 Å². The Morgan fingerprint density at radius 3 is 2.71 bits per heavy atom. The molecular weight excluding hydrogens is 356 g/mol. The van der Waals surface area contributed by atoms with E-state index in [1.807, 2.05) is 31.2 Å². The molecule has 0 saturated carbocycles. The molecule has 1 aromatic carbocycles. The Morgan fingerprint density at radius 1 is 1.33 bits per heavy atom. The Morgan fingerprint density at radius 2 is 2.10 bits per heavy atom. The predicted molar refractivity (Wildman–Crippen MR) is 89.2 cm³/mol. The number of ether oxygens (including phenoxy) is 1. The third-order valence-electron chi connectivity index (χ3n) is 2.93. The van der Waals surface area contributed by atoms with Gasteiger partial charge in [0.2, 0.25) is 10.0 Å². The molecule has 0 spiro atoms. The number of rotatable bonds is 10. The van der Waals surface area contributed by atoms with E-state index in [0.29, 0.717) is 19.7 Å². The molecule has 120 valence electrons. The van der Waals surface area contributed by atoms with Crippen molar-refractivity contribution in [2.45, 2.75) is 13.3 Å². The lowest BCUT2D eigenvalue weighted by atomic mass is 10.3. The maximum atomic E-state index is 11.4. The molecule has 0 aliphatic heterocycles. The number of nitrogens with one attached hydrogen (secondary N) is 1. The minimum absolute atomic E-state index is 0.519. The van der Waals surface area contributed by atoms with Crippen LogP contribution in [0.4, 0.5) is 0 Å². The van der Waals surface area contributed by atoms with Gasteiger partial charge in [0.25, 0.3) is 0 Å². The molecule has 0 unspecified atom stereocenters. The molecule has 0 saturated heterocycles. The maximum absolute atomic E-state index is 11.4. The number of hydrogen-bond acceptors (Lipinski definition) is 4. The fraction of sp³-hybridized carbons (Fsp3) is 0.571. The molecule has 0 amide bonds. The summed E-state index contributed by atoms with van der Waals surface area (Å²) in [5.41, 5.74) is 0. The van der Waals surface area contributed by atoms with Gasteiger partial charge in [-0.1, -0.05) is 28.9 Å². The highest BCUT2D eigenvalue weighted by Crippen LogP contribution is 2.17. The Labute approximate surface area is 135 Å². The normalized spacial score (nSPS) is 11.8. The first-order valence-electron chi connectivity index (χ1n) is 6.97. The summed E-state index contributed by atoms with van der Waals surface area (Å²) in [7, 11) is -3.08. The van der Waals surface area contributed by atoms with Crippen molar-refractivity contribution < 1.29 is 13.2 Å². The first-order chi connectivity index (χ1) is 9.93. The van der Waals surface area contributed by atoms with Crippen LogP contribution in [-0.4, -0.2) is 51.8 Å². The number of sulfonamides is 1. The van der Waals surface area contributed by atoms with Crippen molar-refractivity contribution in [1.82, 2.24) is 9.62 Å². The van der Waals surface area contributed by atoms with Gasteiger partial charge in [0, 0.05) is 24.1 Å². The third-order valence-corrected chi connectivity index (χ3v) is 4.80. The van der Waals surface area contributed by atoms with Gasteiger partial charge in [-0.3, -0.25) is 0 Å². The molecule has 7 heteroatoms. The van der Waals surface area contributed by atoms with Crippen molar-refractivity contribution in [2.75, 3.05) is 39.0 Å². The SMILES string of the molecule is CCN(CCCNCCOc1cccc(Br)c1)S(C)(=O)=O. The van der Waals surface area contributed by atoms with Crippen LogP contribution < -0.4 is 10.1 Å². The van der Waals surface area contributed by atoms with Gasteiger partial charge in [0.05, 0.1) is 6.26 Å². The smallest absolute Gasteiger partial charge is 0.211 e. The summed E-state index contributed by atoms with van der Waals surface area (Å²) in [4.78, 5) is 0. The second kappa shape index (κ2) is 9.40. The van der Waals surface area contributed by atoms with E-state index in [1.165, 1.54) is 10.6 Å². The average Bonchev–Trinajstić information content (AvgIpc) is 2.40. The first-order valence-corrected chi connectivity index (χ1v) is 9.62. The maximum Gasteiger partial charge on any atom is 0.211 e. The monoisotopic (exact) mass is 378 g/mol. The van der Waals surface area contributed by atoms with Crippen LogP contribution in [0.2, 0.25) is 0 Å². The van der Waals surface area contributed by atoms with E-state index >= 15 is 0 Å². The van der Waals surface area contributed by atoms with Gasteiger partial charge in [-0.25, -0.2) is 12.7 Å². The molecule has 21 heavy (non-hydrogen) atoms. The van der Waals surface area contributed by atoms with Crippen molar-refractivity contribution in [3.8, 4) is 5.75 Å². The van der Waals surface area contributed by atoms with Crippen LogP contribution in [0.1, 0.15) is 13.3 Å². The van der Waals surface area contributed by atoms with E-state index in [1.54, 1.807) is 0 Å². The van der Waals surface area contributed by atoms with Crippen LogP contribution in [0.15, 0.2) is 28.7 Å². The summed E-state index contributed by atoms with van der Waals surface area (Å²) in [5, 5.41) is 3.24. The summed E-state index contributed by atoms with van der Waals surface area (Å²) >= 11 is 3.39. The summed E-state index contributed by atoms with van der Waals surface area (Å²) in [5.74, 6) is 0.834. The van der Waals surface area contributed by atoms with E-state index in [4.69, 9.17) is 4.74 Å². The van der Waals surface area contributed by atoms with Crippen molar-refractivity contribution in [1.29, 1.82) is 0 Å². The molecule has 0 aromatic heterocycles. The highest BCUT2D eigenvalue weighted by Gasteiger charge is 2.12. The Balaban J connectivity index is 2.10. The minimum Gasteiger partial charge on any atom is -0.492 e. The zero-order valence-electron chi connectivity index (χ0n) is 12.5. The van der Waals surface area contributed by atoms with Gasteiger partial charge in [0.15, 0.2) is 0 Å². The Hall–Kier alpha value is -0.630. The predicted octanol–water partition coefficient (Wildman–Crippen LogP) is 2.09.